The molecule has 2 N–H and O–H groups in total. The van der Waals surface area contributed by atoms with Crippen molar-refractivity contribution in [2.75, 3.05) is 0 Å². The Balaban J connectivity index is 1.41. The van der Waals surface area contributed by atoms with Gasteiger partial charge in [0.05, 0.1) is 22.3 Å². The summed E-state index contributed by atoms with van der Waals surface area (Å²) in [6.45, 7) is 0. The molecule has 0 aliphatic carbocycles. The monoisotopic (exact) mass is 649 g/mol. The summed E-state index contributed by atoms with van der Waals surface area (Å²) < 4.78 is 7.23. The van der Waals surface area contributed by atoms with E-state index in [1.165, 1.54) is 6.21 Å². The van der Waals surface area contributed by atoms with E-state index in [4.69, 9.17) is 16.3 Å². The smallest absolute Gasteiger partial charge is 0.343 e. The van der Waals surface area contributed by atoms with E-state index in [-0.39, 0.29) is 0 Å². The third-order valence-corrected chi connectivity index (χ3v) is 6.97. The van der Waals surface area contributed by atoms with Crippen molar-refractivity contribution in [2.45, 2.75) is 0 Å². The second-order valence-corrected chi connectivity index (χ2v) is 10.4. The largest absolute Gasteiger partial charge is 0.422 e. The van der Waals surface area contributed by atoms with Gasteiger partial charge < -0.3 is 9.72 Å². The van der Waals surface area contributed by atoms with Crippen LogP contribution in [0.3, 0.4) is 0 Å². The molecular weight excluding hydrogens is 634 g/mol. The lowest BCUT2D eigenvalue weighted by Crippen LogP contribution is -2.19. The number of halogens is 3. The fraction of sp³-hybridized carbons (Fsp3) is 0. The number of esters is 1. The van der Waals surface area contributed by atoms with Crippen LogP contribution in [0.4, 0.5) is 0 Å². The lowest BCUT2D eigenvalue weighted by atomic mass is 10.0. The van der Waals surface area contributed by atoms with Crippen molar-refractivity contribution in [1.29, 1.82) is 0 Å². The quantitative estimate of drug-likeness (QED) is 0.0845. The number of aromatic amines is 1. The summed E-state index contributed by atoms with van der Waals surface area (Å²) in [5.41, 5.74) is 6.02. The minimum Gasteiger partial charge on any atom is -0.422 e. The number of amides is 1. The highest BCUT2D eigenvalue weighted by atomic mass is 79.9. The van der Waals surface area contributed by atoms with E-state index in [0.717, 1.165) is 19.9 Å². The highest BCUT2D eigenvalue weighted by Crippen LogP contribution is 2.37. The van der Waals surface area contributed by atoms with Gasteiger partial charge in [0.1, 0.15) is 11.4 Å². The number of hydrogen-bond donors (Lipinski definition) is 2. The van der Waals surface area contributed by atoms with E-state index in [1.54, 1.807) is 54.6 Å². The number of hydrazone groups is 1. The van der Waals surface area contributed by atoms with Gasteiger partial charge in [0.25, 0.3) is 5.91 Å². The number of H-pyrrole nitrogens is 1. The molecule has 1 amide bonds. The first-order valence-corrected chi connectivity index (χ1v) is 13.3. The van der Waals surface area contributed by atoms with Crippen molar-refractivity contribution in [3.63, 3.8) is 0 Å². The Bertz CT molecular complexity index is 1680. The molecule has 0 spiro atoms. The van der Waals surface area contributed by atoms with Crippen LogP contribution in [0.15, 0.2) is 105 Å². The molecule has 4 aromatic carbocycles. The zero-order chi connectivity index (χ0) is 26.6. The maximum atomic E-state index is 13.3. The highest BCUT2D eigenvalue weighted by Gasteiger charge is 2.21. The summed E-state index contributed by atoms with van der Waals surface area (Å²) in [4.78, 5) is 29.0. The number of fused-ring (bicyclic) bond motifs is 1. The van der Waals surface area contributed by atoms with Crippen LogP contribution in [-0.4, -0.2) is 23.1 Å². The summed E-state index contributed by atoms with van der Waals surface area (Å²) in [5, 5.41) is 5.41. The van der Waals surface area contributed by atoms with E-state index in [2.05, 4.69) is 47.4 Å². The Morgan fingerprint density at radius 3 is 2.37 bits per heavy atom. The molecule has 0 unspecified atom stereocenters. The third kappa shape index (κ3) is 5.57. The highest BCUT2D eigenvalue weighted by molar-refractivity contribution is 9.10. The van der Waals surface area contributed by atoms with E-state index in [9.17, 15) is 9.59 Å². The van der Waals surface area contributed by atoms with Gasteiger partial charge in [-0.3, -0.25) is 4.79 Å². The number of aromatic nitrogens is 1. The number of carbonyl (C=O) groups is 2. The summed E-state index contributed by atoms with van der Waals surface area (Å²) in [5.74, 6) is -0.644. The molecule has 0 fully saturated rings. The number of ether oxygens (including phenoxy) is 1. The predicted molar refractivity (Wildman–Crippen MR) is 157 cm³/mol. The van der Waals surface area contributed by atoms with Crippen LogP contribution in [-0.2, 0) is 0 Å². The fourth-order valence-electron chi connectivity index (χ4n) is 3.94. The normalized spacial score (nSPS) is 11.1. The second kappa shape index (κ2) is 11.3. The van der Waals surface area contributed by atoms with Crippen molar-refractivity contribution in [3.05, 3.63) is 122 Å². The van der Waals surface area contributed by atoms with E-state index in [0.29, 0.717) is 38.7 Å². The Kier molecular flexibility index (Phi) is 7.74. The summed E-state index contributed by atoms with van der Waals surface area (Å²) >= 11 is 13.3. The molecule has 0 aliphatic rings. The van der Waals surface area contributed by atoms with Crippen molar-refractivity contribution in [2.24, 2.45) is 5.10 Å². The van der Waals surface area contributed by atoms with Gasteiger partial charge in [-0.05, 0) is 54.1 Å². The van der Waals surface area contributed by atoms with Crippen molar-refractivity contribution in [1.82, 2.24) is 10.4 Å². The van der Waals surface area contributed by atoms with Gasteiger partial charge in [-0.25, -0.2) is 10.2 Å². The SMILES string of the molecule is O=C(Oc1ccccc1C=NNC(=O)c1[nH]c2c(Cl)cc(Br)cc2c1-c1ccccc1)c1ccc(Br)cc1. The summed E-state index contributed by atoms with van der Waals surface area (Å²) in [6.07, 6.45) is 1.43. The topological polar surface area (TPSA) is 83.5 Å². The maximum absolute atomic E-state index is 13.3. The van der Waals surface area contributed by atoms with Gasteiger partial charge in [-0.15, -0.1) is 0 Å². The second-order valence-electron chi connectivity index (χ2n) is 8.18. The molecule has 5 rings (SSSR count). The molecule has 188 valence electrons. The zero-order valence-electron chi connectivity index (χ0n) is 19.5. The number of carbonyl (C=O) groups excluding carboxylic acids is 2. The van der Waals surface area contributed by atoms with E-state index < -0.39 is 11.9 Å². The molecule has 0 radical (unpaired) electrons. The van der Waals surface area contributed by atoms with Crippen LogP contribution in [0.1, 0.15) is 26.4 Å². The van der Waals surface area contributed by atoms with Gasteiger partial charge in [-0.2, -0.15) is 5.10 Å². The molecule has 0 atom stereocenters. The molecule has 38 heavy (non-hydrogen) atoms. The van der Waals surface area contributed by atoms with Crippen LogP contribution < -0.4 is 10.2 Å². The Labute approximate surface area is 239 Å². The number of para-hydroxylation sites is 1. The number of nitrogens with zero attached hydrogens (tertiary/aromatic N) is 1. The van der Waals surface area contributed by atoms with Gasteiger partial charge in [0.2, 0.25) is 0 Å². The number of hydrogen-bond acceptors (Lipinski definition) is 4. The summed E-state index contributed by atoms with van der Waals surface area (Å²) in [7, 11) is 0. The maximum Gasteiger partial charge on any atom is 0.343 e. The average molecular weight is 652 g/mol. The molecule has 0 aliphatic heterocycles. The lowest BCUT2D eigenvalue weighted by Gasteiger charge is -2.07. The van der Waals surface area contributed by atoms with E-state index in [1.807, 2.05) is 36.4 Å². The van der Waals surface area contributed by atoms with E-state index >= 15 is 0 Å². The minimum absolute atomic E-state index is 0.311. The van der Waals surface area contributed by atoms with Crippen LogP contribution in [0.5, 0.6) is 5.75 Å². The Morgan fingerprint density at radius 2 is 1.61 bits per heavy atom. The standard InChI is InChI=1S/C29H18Br2ClN3O3/c30-20-12-10-18(11-13-20)29(37)38-24-9-5-4-8-19(24)16-33-35-28(36)27-25(17-6-2-1-3-7-17)22-14-21(31)15-23(32)26(22)34-27/h1-16,34H,(H,35,36). The van der Waals surface area contributed by atoms with Crippen LogP contribution in [0, 0.1) is 0 Å². The van der Waals surface area contributed by atoms with Gasteiger partial charge >= 0.3 is 5.97 Å². The molecular formula is C29H18Br2ClN3O3. The van der Waals surface area contributed by atoms with Crippen molar-refractivity contribution in [3.8, 4) is 16.9 Å². The van der Waals surface area contributed by atoms with Gasteiger partial charge in [0, 0.05) is 25.5 Å². The zero-order valence-corrected chi connectivity index (χ0v) is 23.5. The lowest BCUT2D eigenvalue weighted by molar-refractivity contribution is 0.0734. The third-order valence-electron chi connectivity index (χ3n) is 5.69. The van der Waals surface area contributed by atoms with Crippen molar-refractivity contribution >= 4 is 72.5 Å². The Morgan fingerprint density at radius 1 is 0.895 bits per heavy atom. The van der Waals surface area contributed by atoms with Gasteiger partial charge in [0.15, 0.2) is 0 Å². The minimum atomic E-state index is -0.504. The van der Waals surface area contributed by atoms with Crippen LogP contribution in [0.2, 0.25) is 5.02 Å². The number of benzene rings is 4. The Hall–Kier alpha value is -3.72. The first-order chi connectivity index (χ1) is 18.4. The molecule has 1 heterocycles. The first-order valence-electron chi connectivity index (χ1n) is 11.4. The molecule has 0 saturated heterocycles. The van der Waals surface area contributed by atoms with Gasteiger partial charge in [-0.1, -0.05) is 85.9 Å². The van der Waals surface area contributed by atoms with Crippen LogP contribution >= 0.6 is 43.5 Å². The predicted octanol–water partition coefficient (Wildman–Crippen LogP) is 8.00. The fourth-order valence-corrected chi connectivity index (χ4v) is 5.06. The molecule has 0 saturated carbocycles. The molecule has 6 nitrogen and oxygen atoms in total. The molecule has 0 bridgehead atoms. The van der Waals surface area contributed by atoms with Crippen LogP contribution in [0.25, 0.3) is 22.0 Å². The first kappa shape index (κ1) is 25.9. The molecule has 9 heteroatoms. The molecule has 1 aromatic heterocycles. The number of nitrogens with one attached hydrogen (secondary N) is 2. The van der Waals surface area contributed by atoms with Crippen molar-refractivity contribution < 1.29 is 14.3 Å². The molecule has 5 aromatic rings. The average Bonchev–Trinajstić information content (AvgIpc) is 3.30. The summed E-state index contributed by atoms with van der Waals surface area (Å²) in [6, 6.07) is 27.0. The number of rotatable bonds is 6.